The van der Waals surface area contributed by atoms with Gasteiger partial charge < -0.3 is 16.4 Å². The third kappa shape index (κ3) is 2.76. The topological polar surface area (TPSA) is 98.1 Å². The summed E-state index contributed by atoms with van der Waals surface area (Å²) in [6, 6.07) is 3.59. The Morgan fingerprint density at radius 3 is 2.83 bits per heavy atom. The molecule has 1 amide bonds. The summed E-state index contributed by atoms with van der Waals surface area (Å²) in [4.78, 5) is 13.1. The number of hydrogen-bond acceptors (Lipinski definition) is 5. The molecule has 0 spiro atoms. The number of hydrogen-bond donors (Lipinski definition) is 2. The Morgan fingerprint density at radius 1 is 1.50 bits per heavy atom. The molecule has 1 aliphatic heterocycles. The van der Waals surface area contributed by atoms with Gasteiger partial charge in [0.15, 0.2) is 11.5 Å². The van der Waals surface area contributed by atoms with E-state index in [9.17, 15) is 4.79 Å². The van der Waals surface area contributed by atoms with Crippen LogP contribution in [0.3, 0.4) is 0 Å². The number of piperidine rings is 1. The highest BCUT2D eigenvalue weighted by Crippen LogP contribution is 2.22. The molecule has 4 N–H and O–H groups in total. The molecule has 2 unspecified atom stereocenters. The van der Waals surface area contributed by atoms with Crippen LogP contribution >= 0.6 is 0 Å². The highest BCUT2D eigenvalue weighted by atomic mass is 16.1. The summed E-state index contributed by atoms with van der Waals surface area (Å²) in [6.07, 6.45) is 2.26. The van der Waals surface area contributed by atoms with Gasteiger partial charge in [0.05, 0.1) is 0 Å². The highest BCUT2D eigenvalue weighted by molar-refractivity contribution is 5.90. The van der Waals surface area contributed by atoms with Crippen LogP contribution in [0.4, 0.5) is 5.82 Å². The average molecular weight is 249 g/mol. The maximum absolute atomic E-state index is 10.9. The predicted octanol–water partition coefficient (Wildman–Crippen LogP) is 0.139. The van der Waals surface area contributed by atoms with Crippen LogP contribution in [0.25, 0.3) is 0 Å². The van der Waals surface area contributed by atoms with Gasteiger partial charge in [-0.15, -0.1) is 10.2 Å². The molecule has 1 aliphatic rings. The van der Waals surface area contributed by atoms with E-state index < -0.39 is 5.91 Å². The molecule has 0 aromatic carbocycles. The molecule has 2 heterocycles. The van der Waals surface area contributed by atoms with Crippen molar-refractivity contribution in [2.75, 3.05) is 18.0 Å². The predicted molar refractivity (Wildman–Crippen MR) is 69.1 cm³/mol. The summed E-state index contributed by atoms with van der Waals surface area (Å²) < 4.78 is 0. The van der Waals surface area contributed by atoms with Gasteiger partial charge in [0.1, 0.15) is 0 Å². The van der Waals surface area contributed by atoms with E-state index in [0.717, 1.165) is 31.7 Å². The van der Waals surface area contributed by atoms with Gasteiger partial charge in [-0.25, -0.2) is 0 Å². The van der Waals surface area contributed by atoms with Crippen molar-refractivity contribution in [2.45, 2.75) is 25.8 Å². The van der Waals surface area contributed by atoms with Crippen LogP contribution in [0.5, 0.6) is 0 Å². The molecule has 1 aromatic heterocycles. The number of amides is 1. The molecule has 2 atom stereocenters. The minimum absolute atomic E-state index is 0.186. The van der Waals surface area contributed by atoms with Gasteiger partial charge in [-0.1, -0.05) is 0 Å². The van der Waals surface area contributed by atoms with Crippen LogP contribution in [0, 0.1) is 5.92 Å². The van der Waals surface area contributed by atoms with Gasteiger partial charge in [0.2, 0.25) is 0 Å². The zero-order chi connectivity index (χ0) is 13.1. The number of aromatic nitrogens is 2. The maximum Gasteiger partial charge on any atom is 0.269 e. The summed E-state index contributed by atoms with van der Waals surface area (Å²) in [6.45, 7) is 3.88. The fourth-order valence-corrected chi connectivity index (χ4v) is 2.27. The van der Waals surface area contributed by atoms with E-state index in [1.54, 1.807) is 12.1 Å². The third-order valence-corrected chi connectivity index (χ3v) is 3.43. The molecule has 0 bridgehead atoms. The number of nitrogens with two attached hydrogens (primary N) is 2. The second kappa shape index (κ2) is 5.30. The lowest BCUT2D eigenvalue weighted by Gasteiger charge is -2.35. The molecule has 6 heteroatoms. The van der Waals surface area contributed by atoms with E-state index in [4.69, 9.17) is 11.5 Å². The second-order valence-corrected chi connectivity index (χ2v) is 4.85. The van der Waals surface area contributed by atoms with E-state index in [2.05, 4.69) is 15.1 Å². The number of carbonyl (C=O) groups excluding carboxylic acids is 1. The van der Waals surface area contributed by atoms with Crippen LogP contribution < -0.4 is 16.4 Å². The molecule has 1 fully saturated rings. The summed E-state index contributed by atoms with van der Waals surface area (Å²) in [5, 5.41) is 7.88. The largest absolute Gasteiger partial charge is 0.364 e. The first kappa shape index (κ1) is 12.8. The van der Waals surface area contributed by atoms with Crippen molar-refractivity contribution in [1.82, 2.24) is 10.2 Å². The Hall–Kier alpha value is -1.69. The van der Waals surface area contributed by atoms with Crippen LogP contribution in [0.15, 0.2) is 12.1 Å². The number of carbonyl (C=O) groups is 1. The Bertz CT molecular complexity index is 417. The van der Waals surface area contributed by atoms with Gasteiger partial charge in [-0.3, -0.25) is 4.79 Å². The van der Waals surface area contributed by atoms with Crippen LogP contribution in [0.1, 0.15) is 30.3 Å². The summed E-state index contributed by atoms with van der Waals surface area (Å²) in [5.41, 5.74) is 11.3. The summed E-state index contributed by atoms with van der Waals surface area (Å²) in [7, 11) is 0. The number of rotatable bonds is 3. The zero-order valence-electron chi connectivity index (χ0n) is 10.5. The first-order chi connectivity index (χ1) is 8.58. The fourth-order valence-electron chi connectivity index (χ4n) is 2.27. The van der Waals surface area contributed by atoms with Crippen molar-refractivity contribution in [3.05, 3.63) is 17.8 Å². The summed E-state index contributed by atoms with van der Waals surface area (Å²) >= 11 is 0. The van der Waals surface area contributed by atoms with Crippen molar-refractivity contribution in [1.29, 1.82) is 0 Å². The highest BCUT2D eigenvalue weighted by Gasteiger charge is 2.23. The van der Waals surface area contributed by atoms with Gasteiger partial charge >= 0.3 is 0 Å². The first-order valence-electron chi connectivity index (χ1n) is 6.22. The lowest BCUT2D eigenvalue weighted by atomic mass is 9.92. The van der Waals surface area contributed by atoms with Crippen LogP contribution in [0.2, 0.25) is 0 Å². The lowest BCUT2D eigenvalue weighted by molar-refractivity contribution is 0.0994. The van der Waals surface area contributed by atoms with Gasteiger partial charge in [0.25, 0.3) is 5.91 Å². The van der Waals surface area contributed by atoms with Crippen molar-refractivity contribution < 1.29 is 4.79 Å². The molecular formula is C12H19N5O. The maximum atomic E-state index is 10.9. The summed E-state index contributed by atoms with van der Waals surface area (Å²) in [5.74, 6) is 0.711. The van der Waals surface area contributed by atoms with Crippen molar-refractivity contribution >= 4 is 11.7 Å². The zero-order valence-corrected chi connectivity index (χ0v) is 10.5. The molecule has 0 aliphatic carbocycles. The van der Waals surface area contributed by atoms with Gasteiger partial charge in [-0.05, 0) is 37.8 Å². The van der Waals surface area contributed by atoms with E-state index in [-0.39, 0.29) is 11.7 Å². The Morgan fingerprint density at radius 2 is 2.28 bits per heavy atom. The third-order valence-electron chi connectivity index (χ3n) is 3.43. The lowest BCUT2D eigenvalue weighted by Crippen LogP contribution is -2.42. The normalized spacial score (nSPS) is 21.7. The molecular weight excluding hydrogens is 230 g/mol. The number of nitrogens with zero attached hydrogens (tertiary/aromatic N) is 3. The number of primary amides is 1. The van der Waals surface area contributed by atoms with Crippen molar-refractivity contribution in [2.24, 2.45) is 17.4 Å². The standard InChI is InChI=1S/C12H19N5O/c1-8(13)9-3-2-6-17(7-9)11-5-4-10(12(14)18)15-16-11/h4-5,8-9H,2-3,6-7,13H2,1H3,(H2,14,18). The molecule has 18 heavy (non-hydrogen) atoms. The van der Waals surface area contributed by atoms with E-state index in [1.165, 1.54) is 0 Å². The van der Waals surface area contributed by atoms with Crippen molar-refractivity contribution in [3.8, 4) is 0 Å². The number of anilines is 1. The van der Waals surface area contributed by atoms with E-state index in [1.807, 2.05) is 6.92 Å². The molecule has 2 rings (SSSR count). The minimum Gasteiger partial charge on any atom is -0.364 e. The molecule has 0 saturated carbocycles. The van der Waals surface area contributed by atoms with Crippen molar-refractivity contribution in [3.63, 3.8) is 0 Å². The van der Waals surface area contributed by atoms with E-state index >= 15 is 0 Å². The minimum atomic E-state index is -0.554. The SMILES string of the molecule is CC(N)C1CCCN(c2ccc(C(N)=O)nn2)C1. The average Bonchev–Trinajstić information content (AvgIpc) is 2.39. The Balaban J connectivity index is 2.09. The second-order valence-electron chi connectivity index (χ2n) is 4.85. The van der Waals surface area contributed by atoms with Gasteiger partial charge in [-0.2, -0.15) is 0 Å². The molecule has 1 saturated heterocycles. The van der Waals surface area contributed by atoms with Crippen LogP contribution in [-0.2, 0) is 0 Å². The molecule has 1 aromatic rings. The molecule has 6 nitrogen and oxygen atoms in total. The quantitative estimate of drug-likeness (QED) is 0.794. The molecule has 0 radical (unpaired) electrons. The Kier molecular flexibility index (Phi) is 3.76. The van der Waals surface area contributed by atoms with Crippen LogP contribution in [-0.4, -0.2) is 35.2 Å². The molecule has 98 valence electrons. The monoisotopic (exact) mass is 249 g/mol. The smallest absolute Gasteiger partial charge is 0.269 e. The Labute approximate surface area is 106 Å². The van der Waals surface area contributed by atoms with Gasteiger partial charge in [0, 0.05) is 19.1 Å². The van der Waals surface area contributed by atoms with E-state index in [0.29, 0.717) is 5.92 Å². The fraction of sp³-hybridized carbons (Fsp3) is 0.583. The first-order valence-corrected chi connectivity index (χ1v) is 6.22.